The molecule has 1 aromatic carbocycles. The molecule has 0 unspecified atom stereocenters. The zero-order valence-electron chi connectivity index (χ0n) is 12.7. The fraction of sp³-hybridized carbons (Fsp3) is 0.467. The smallest absolute Gasteiger partial charge is 0.412 e. The van der Waals surface area contributed by atoms with Crippen LogP contribution in [-0.4, -0.2) is 29.4 Å². The van der Waals surface area contributed by atoms with Crippen LogP contribution in [0.15, 0.2) is 18.2 Å². The van der Waals surface area contributed by atoms with Crippen LogP contribution in [0.2, 0.25) is 0 Å². The van der Waals surface area contributed by atoms with Gasteiger partial charge in [0.1, 0.15) is 11.4 Å². The lowest BCUT2D eigenvalue weighted by atomic mass is 10.1. The summed E-state index contributed by atoms with van der Waals surface area (Å²) in [6, 6.07) is 4.33. The molecule has 1 aromatic rings. The molecule has 1 amide bonds. The first-order valence-corrected chi connectivity index (χ1v) is 6.69. The number of carbonyl (C=O) groups is 2. The third-order valence-electron chi connectivity index (χ3n) is 2.36. The zero-order chi connectivity index (χ0) is 16.0. The molecule has 6 heteroatoms. The SMILES string of the molecule is CCOC(=O)Cc1cc(O)ccc1NC(=O)OC(C)(C)C. The van der Waals surface area contributed by atoms with Crippen LogP contribution in [0.4, 0.5) is 10.5 Å². The second-order valence-corrected chi connectivity index (χ2v) is 5.45. The quantitative estimate of drug-likeness (QED) is 0.659. The Labute approximate surface area is 124 Å². The minimum Gasteiger partial charge on any atom is -0.508 e. The number of hydrogen-bond donors (Lipinski definition) is 2. The van der Waals surface area contributed by atoms with Crippen molar-refractivity contribution in [2.45, 2.75) is 39.7 Å². The van der Waals surface area contributed by atoms with Gasteiger partial charge < -0.3 is 14.6 Å². The van der Waals surface area contributed by atoms with Gasteiger partial charge in [0.15, 0.2) is 0 Å². The van der Waals surface area contributed by atoms with Crippen LogP contribution in [0, 0.1) is 0 Å². The number of ether oxygens (including phenoxy) is 2. The lowest BCUT2D eigenvalue weighted by Gasteiger charge is -2.20. The zero-order valence-corrected chi connectivity index (χ0v) is 12.7. The third kappa shape index (κ3) is 6.16. The summed E-state index contributed by atoms with van der Waals surface area (Å²) >= 11 is 0. The number of rotatable bonds is 4. The number of phenolic OH excluding ortho intramolecular Hbond substituents is 1. The van der Waals surface area contributed by atoms with Gasteiger partial charge in [0.05, 0.1) is 13.0 Å². The van der Waals surface area contributed by atoms with E-state index in [4.69, 9.17) is 9.47 Å². The Morgan fingerprint density at radius 1 is 1.29 bits per heavy atom. The van der Waals surface area contributed by atoms with Crippen molar-refractivity contribution >= 4 is 17.7 Å². The first kappa shape index (κ1) is 16.8. The van der Waals surface area contributed by atoms with E-state index in [1.54, 1.807) is 27.7 Å². The maximum atomic E-state index is 11.8. The molecular formula is C15H21NO5. The van der Waals surface area contributed by atoms with E-state index < -0.39 is 17.7 Å². The highest BCUT2D eigenvalue weighted by molar-refractivity contribution is 5.87. The van der Waals surface area contributed by atoms with E-state index >= 15 is 0 Å². The van der Waals surface area contributed by atoms with Gasteiger partial charge in [-0.05, 0) is 51.5 Å². The fourth-order valence-electron chi connectivity index (χ4n) is 1.63. The topological polar surface area (TPSA) is 84.9 Å². The van der Waals surface area contributed by atoms with Crippen molar-refractivity contribution in [3.63, 3.8) is 0 Å². The molecule has 0 heterocycles. The average molecular weight is 295 g/mol. The molecule has 0 atom stereocenters. The molecule has 0 aliphatic heterocycles. The first-order valence-electron chi connectivity index (χ1n) is 6.69. The summed E-state index contributed by atoms with van der Waals surface area (Å²) in [7, 11) is 0. The number of amides is 1. The number of benzene rings is 1. The van der Waals surface area contributed by atoms with Crippen molar-refractivity contribution in [3.8, 4) is 5.75 Å². The number of nitrogens with one attached hydrogen (secondary N) is 1. The van der Waals surface area contributed by atoms with Gasteiger partial charge in [0.2, 0.25) is 0 Å². The van der Waals surface area contributed by atoms with Gasteiger partial charge in [-0.1, -0.05) is 0 Å². The molecule has 0 bridgehead atoms. The van der Waals surface area contributed by atoms with Crippen LogP contribution in [-0.2, 0) is 20.7 Å². The third-order valence-corrected chi connectivity index (χ3v) is 2.36. The van der Waals surface area contributed by atoms with Crippen molar-refractivity contribution in [1.82, 2.24) is 0 Å². The largest absolute Gasteiger partial charge is 0.508 e. The number of aromatic hydroxyl groups is 1. The fourth-order valence-corrected chi connectivity index (χ4v) is 1.63. The summed E-state index contributed by atoms with van der Waals surface area (Å²) in [4.78, 5) is 23.3. The maximum absolute atomic E-state index is 11.8. The van der Waals surface area contributed by atoms with E-state index in [9.17, 15) is 14.7 Å². The van der Waals surface area contributed by atoms with Crippen LogP contribution in [0.1, 0.15) is 33.3 Å². The summed E-state index contributed by atoms with van der Waals surface area (Å²) in [5, 5.41) is 12.1. The molecular weight excluding hydrogens is 274 g/mol. The molecule has 0 saturated heterocycles. The predicted octanol–water partition coefficient (Wildman–Crippen LogP) is 2.84. The summed E-state index contributed by atoms with van der Waals surface area (Å²) in [5.74, 6) is -0.431. The lowest BCUT2D eigenvalue weighted by molar-refractivity contribution is -0.142. The van der Waals surface area contributed by atoms with Gasteiger partial charge >= 0.3 is 12.1 Å². The van der Waals surface area contributed by atoms with Gasteiger partial charge in [-0.3, -0.25) is 10.1 Å². The van der Waals surface area contributed by atoms with E-state index in [1.165, 1.54) is 18.2 Å². The predicted molar refractivity (Wildman–Crippen MR) is 78.3 cm³/mol. The van der Waals surface area contributed by atoms with Crippen molar-refractivity contribution in [2.24, 2.45) is 0 Å². The highest BCUT2D eigenvalue weighted by atomic mass is 16.6. The van der Waals surface area contributed by atoms with Crippen molar-refractivity contribution in [2.75, 3.05) is 11.9 Å². The number of hydrogen-bond acceptors (Lipinski definition) is 5. The Morgan fingerprint density at radius 3 is 2.52 bits per heavy atom. The molecule has 2 N–H and O–H groups in total. The molecule has 0 aromatic heterocycles. The van der Waals surface area contributed by atoms with Gasteiger partial charge in [-0.25, -0.2) is 4.79 Å². The molecule has 1 rings (SSSR count). The molecule has 0 fully saturated rings. The first-order chi connectivity index (χ1) is 9.71. The summed E-state index contributed by atoms with van der Waals surface area (Å²) in [6.07, 6.45) is -0.675. The second kappa shape index (κ2) is 6.97. The van der Waals surface area contributed by atoms with Crippen LogP contribution >= 0.6 is 0 Å². The Bertz CT molecular complexity index is 519. The number of carbonyl (C=O) groups excluding carboxylic acids is 2. The Hall–Kier alpha value is -2.24. The Kier molecular flexibility index (Phi) is 5.58. The molecule has 0 aliphatic carbocycles. The molecule has 0 saturated carbocycles. The maximum Gasteiger partial charge on any atom is 0.412 e. The van der Waals surface area contributed by atoms with Gasteiger partial charge in [-0.15, -0.1) is 0 Å². The van der Waals surface area contributed by atoms with Crippen molar-refractivity contribution in [1.29, 1.82) is 0 Å². The van der Waals surface area contributed by atoms with Gasteiger partial charge in [0.25, 0.3) is 0 Å². The number of esters is 1. The standard InChI is InChI=1S/C15H21NO5/c1-5-20-13(18)9-10-8-11(17)6-7-12(10)16-14(19)21-15(2,3)4/h6-8,17H,5,9H2,1-4H3,(H,16,19). The monoisotopic (exact) mass is 295 g/mol. The highest BCUT2D eigenvalue weighted by Crippen LogP contribution is 2.23. The Morgan fingerprint density at radius 2 is 1.95 bits per heavy atom. The van der Waals surface area contributed by atoms with E-state index in [0.717, 1.165) is 0 Å². The molecule has 6 nitrogen and oxygen atoms in total. The van der Waals surface area contributed by atoms with Gasteiger partial charge in [-0.2, -0.15) is 0 Å². The van der Waals surface area contributed by atoms with Crippen molar-refractivity contribution < 1.29 is 24.2 Å². The summed E-state index contributed by atoms with van der Waals surface area (Å²) < 4.78 is 10.0. The minimum atomic E-state index is -0.627. The van der Waals surface area contributed by atoms with Crippen LogP contribution in [0.5, 0.6) is 5.75 Å². The lowest BCUT2D eigenvalue weighted by Crippen LogP contribution is -2.27. The molecule has 0 spiro atoms. The normalized spacial score (nSPS) is 10.9. The minimum absolute atomic E-state index is 0.00374. The van der Waals surface area contributed by atoms with E-state index in [1.807, 2.05) is 0 Å². The van der Waals surface area contributed by atoms with Crippen molar-refractivity contribution in [3.05, 3.63) is 23.8 Å². The van der Waals surface area contributed by atoms with E-state index in [-0.39, 0.29) is 18.8 Å². The van der Waals surface area contributed by atoms with Crippen LogP contribution in [0.25, 0.3) is 0 Å². The molecule has 0 radical (unpaired) electrons. The Balaban J connectivity index is 2.86. The molecule has 21 heavy (non-hydrogen) atoms. The summed E-state index contributed by atoms with van der Waals surface area (Å²) in [5.41, 5.74) is 0.233. The van der Waals surface area contributed by atoms with Crippen LogP contribution in [0.3, 0.4) is 0 Å². The highest BCUT2D eigenvalue weighted by Gasteiger charge is 2.18. The number of phenols is 1. The van der Waals surface area contributed by atoms with E-state index in [0.29, 0.717) is 11.3 Å². The average Bonchev–Trinajstić information content (AvgIpc) is 2.30. The van der Waals surface area contributed by atoms with Crippen LogP contribution < -0.4 is 5.32 Å². The molecule has 0 aliphatic rings. The second-order valence-electron chi connectivity index (χ2n) is 5.45. The summed E-state index contributed by atoms with van der Waals surface area (Å²) in [6.45, 7) is 7.24. The van der Waals surface area contributed by atoms with E-state index in [2.05, 4.69) is 5.32 Å². The number of anilines is 1. The molecule has 116 valence electrons. The van der Waals surface area contributed by atoms with Gasteiger partial charge in [0, 0.05) is 5.69 Å².